The van der Waals surface area contributed by atoms with Crippen LogP contribution in [0.15, 0.2) is 30.2 Å². The van der Waals surface area contributed by atoms with Gasteiger partial charge in [0.2, 0.25) is 0 Å². The molecule has 1 heterocycles. The number of aryl methyl sites for hydroxylation is 2. The van der Waals surface area contributed by atoms with E-state index in [1.807, 2.05) is 26.0 Å². The van der Waals surface area contributed by atoms with Gasteiger partial charge in [0, 0.05) is 11.6 Å². The summed E-state index contributed by atoms with van der Waals surface area (Å²) in [7, 11) is 0. The lowest BCUT2D eigenvalue weighted by Crippen LogP contribution is -2.13. The molecule has 0 atom stereocenters. The number of hydrogen-bond donors (Lipinski definition) is 3. The second-order valence-electron chi connectivity index (χ2n) is 4.49. The van der Waals surface area contributed by atoms with Crippen LogP contribution in [0.3, 0.4) is 0 Å². The van der Waals surface area contributed by atoms with Crippen molar-refractivity contribution in [3.8, 4) is 0 Å². The summed E-state index contributed by atoms with van der Waals surface area (Å²) in [5.74, 6) is -2.70. The molecule has 7 heteroatoms. The Hall–Kier alpha value is -2.96. The molecule has 0 unspecified atom stereocenters. The number of aliphatic carboxylic acids is 2. The molecule has 1 aromatic heterocycles. The van der Waals surface area contributed by atoms with E-state index in [1.54, 1.807) is 0 Å². The number of carbonyl (C=O) groups is 2. The first-order valence-electron chi connectivity index (χ1n) is 6.05. The van der Waals surface area contributed by atoms with E-state index in [2.05, 4.69) is 15.3 Å². The standard InChI is InChI=1S/C14H13N3O4/c1-7-3-9-11(4-8(7)2)16-6-17-12(9)15-5-10(13(18)19)14(20)21/h3-6H,1-2H3,(H,18,19)(H,20,21)(H,15,16,17). The minimum absolute atomic E-state index is 0.350. The van der Waals surface area contributed by atoms with E-state index in [0.717, 1.165) is 17.3 Å². The van der Waals surface area contributed by atoms with Crippen molar-refractivity contribution in [2.24, 2.45) is 0 Å². The molecule has 0 saturated carbocycles. The SMILES string of the molecule is Cc1cc2ncnc(NC=C(C(=O)O)C(=O)O)c2cc1C. The van der Waals surface area contributed by atoms with Gasteiger partial charge in [0.05, 0.1) is 5.52 Å². The van der Waals surface area contributed by atoms with Crippen LogP contribution in [0.1, 0.15) is 11.1 Å². The molecule has 0 bridgehead atoms. The maximum atomic E-state index is 10.8. The monoisotopic (exact) mass is 287 g/mol. The van der Waals surface area contributed by atoms with E-state index >= 15 is 0 Å². The first-order chi connectivity index (χ1) is 9.90. The second-order valence-corrected chi connectivity index (χ2v) is 4.49. The largest absolute Gasteiger partial charge is 0.477 e. The zero-order valence-electron chi connectivity index (χ0n) is 11.4. The van der Waals surface area contributed by atoms with Crippen molar-refractivity contribution in [3.63, 3.8) is 0 Å². The Morgan fingerprint density at radius 1 is 1.10 bits per heavy atom. The highest BCUT2D eigenvalue weighted by Crippen LogP contribution is 2.23. The van der Waals surface area contributed by atoms with Gasteiger partial charge in [0.1, 0.15) is 12.1 Å². The van der Waals surface area contributed by atoms with Gasteiger partial charge in [-0.25, -0.2) is 19.6 Å². The Bertz CT molecular complexity index is 752. The highest BCUT2D eigenvalue weighted by atomic mass is 16.4. The first-order valence-corrected chi connectivity index (χ1v) is 6.05. The van der Waals surface area contributed by atoms with E-state index in [-0.39, 0.29) is 0 Å². The van der Waals surface area contributed by atoms with Crippen LogP contribution in [0, 0.1) is 13.8 Å². The van der Waals surface area contributed by atoms with Crippen molar-refractivity contribution in [2.75, 3.05) is 5.32 Å². The normalized spacial score (nSPS) is 10.2. The van der Waals surface area contributed by atoms with E-state index < -0.39 is 17.5 Å². The number of nitrogens with zero attached hydrogens (tertiary/aromatic N) is 2. The van der Waals surface area contributed by atoms with Crippen molar-refractivity contribution < 1.29 is 19.8 Å². The molecule has 7 nitrogen and oxygen atoms in total. The van der Waals surface area contributed by atoms with Gasteiger partial charge in [-0.2, -0.15) is 0 Å². The van der Waals surface area contributed by atoms with Crippen LogP contribution in [0.2, 0.25) is 0 Å². The fourth-order valence-corrected chi connectivity index (χ4v) is 1.79. The molecule has 0 spiro atoms. The lowest BCUT2D eigenvalue weighted by molar-refractivity contribution is -0.140. The number of anilines is 1. The number of benzene rings is 1. The Balaban J connectivity index is 2.48. The van der Waals surface area contributed by atoms with Crippen LogP contribution in [0.4, 0.5) is 5.82 Å². The van der Waals surface area contributed by atoms with Crippen LogP contribution in [0.5, 0.6) is 0 Å². The molecule has 0 fully saturated rings. The third kappa shape index (κ3) is 2.97. The lowest BCUT2D eigenvalue weighted by Gasteiger charge is -2.07. The van der Waals surface area contributed by atoms with Gasteiger partial charge >= 0.3 is 11.9 Å². The van der Waals surface area contributed by atoms with Crippen molar-refractivity contribution in [2.45, 2.75) is 13.8 Å². The molecule has 0 aliphatic rings. The fourth-order valence-electron chi connectivity index (χ4n) is 1.79. The third-order valence-corrected chi connectivity index (χ3v) is 3.06. The molecular formula is C14H13N3O4. The zero-order valence-corrected chi connectivity index (χ0v) is 11.4. The molecule has 0 saturated heterocycles. The summed E-state index contributed by atoms with van der Waals surface area (Å²) in [6, 6.07) is 3.75. The Morgan fingerprint density at radius 2 is 1.71 bits per heavy atom. The van der Waals surface area contributed by atoms with Crippen LogP contribution in [-0.4, -0.2) is 32.1 Å². The van der Waals surface area contributed by atoms with Crippen molar-refractivity contribution in [1.29, 1.82) is 0 Å². The zero-order chi connectivity index (χ0) is 15.6. The number of hydrogen-bond acceptors (Lipinski definition) is 5. The average Bonchev–Trinajstić information content (AvgIpc) is 2.40. The molecule has 108 valence electrons. The smallest absolute Gasteiger partial charge is 0.344 e. The number of carboxylic acids is 2. The van der Waals surface area contributed by atoms with E-state index in [4.69, 9.17) is 10.2 Å². The summed E-state index contributed by atoms with van der Waals surface area (Å²) in [5.41, 5.74) is 2.02. The summed E-state index contributed by atoms with van der Waals surface area (Å²) in [4.78, 5) is 29.8. The molecule has 2 aromatic rings. The Morgan fingerprint density at radius 3 is 2.33 bits per heavy atom. The summed E-state index contributed by atoms with van der Waals surface area (Å²) in [6.45, 7) is 3.89. The fraction of sp³-hybridized carbons (Fsp3) is 0.143. The van der Waals surface area contributed by atoms with E-state index in [0.29, 0.717) is 16.7 Å². The Labute approximate surface area is 120 Å². The van der Waals surface area contributed by atoms with Gasteiger partial charge in [-0.15, -0.1) is 0 Å². The number of fused-ring (bicyclic) bond motifs is 1. The maximum absolute atomic E-state index is 10.8. The summed E-state index contributed by atoms with van der Waals surface area (Å²) in [6.07, 6.45) is 2.23. The molecule has 21 heavy (non-hydrogen) atoms. The summed E-state index contributed by atoms with van der Waals surface area (Å²) >= 11 is 0. The molecule has 1 aromatic carbocycles. The molecule has 3 N–H and O–H groups in total. The van der Waals surface area contributed by atoms with Gasteiger partial charge in [0.25, 0.3) is 0 Å². The number of aromatic nitrogens is 2. The molecule has 0 aliphatic carbocycles. The van der Waals surface area contributed by atoms with E-state index in [1.165, 1.54) is 6.33 Å². The average molecular weight is 287 g/mol. The topological polar surface area (TPSA) is 112 Å². The second kappa shape index (κ2) is 5.58. The quantitative estimate of drug-likeness (QED) is 0.445. The first kappa shape index (κ1) is 14.4. The minimum atomic E-state index is -1.53. The molecular weight excluding hydrogens is 274 g/mol. The van der Waals surface area contributed by atoms with Gasteiger partial charge in [-0.05, 0) is 37.1 Å². The van der Waals surface area contributed by atoms with Crippen molar-refractivity contribution in [1.82, 2.24) is 9.97 Å². The van der Waals surface area contributed by atoms with Crippen LogP contribution in [-0.2, 0) is 9.59 Å². The van der Waals surface area contributed by atoms with Crippen molar-refractivity contribution in [3.05, 3.63) is 41.4 Å². The van der Waals surface area contributed by atoms with E-state index in [9.17, 15) is 9.59 Å². The molecule has 0 amide bonds. The minimum Gasteiger partial charge on any atom is -0.477 e. The predicted octanol–water partition coefficient (Wildman–Crippen LogP) is 1.71. The summed E-state index contributed by atoms with van der Waals surface area (Å²) < 4.78 is 0. The molecule has 0 aliphatic heterocycles. The number of rotatable bonds is 4. The molecule has 0 radical (unpaired) electrons. The van der Waals surface area contributed by atoms with Gasteiger partial charge in [-0.3, -0.25) is 0 Å². The number of nitrogens with one attached hydrogen (secondary N) is 1. The van der Waals surface area contributed by atoms with Crippen LogP contribution in [0.25, 0.3) is 10.9 Å². The summed E-state index contributed by atoms with van der Waals surface area (Å²) in [5, 5.41) is 20.9. The predicted molar refractivity (Wildman–Crippen MR) is 76.0 cm³/mol. The highest BCUT2D eigenvalue weighted by molar-refractivity contribution is 6.12. The van der Waals surface area contributed by atoms with Crippen LogP contribution < -0.4 is 5.32 Å². The van der Waals surface area contributed by atoms with Crippen molar-refractivity contribution >= 4 is 28.7 Å². The maximum Gasteiger partial charge on any atom is 0.344 e. The van der Waals surface area contributed by atoms with Gasteiger partial charge < -0.3 is 15.5 Å². The van der Waals surface area contributed by atoms with Gasteiger partial charge in [-0.1, -0.05) is 0 Å². The van der Waals surface area contributed by atoms with Crippen LogP contribution >= 0.6 is 0 Å². The third-order valence-electron chi connectivity index (χ3n) is 3.06. The Kier molecular flexibility index (Phi) is 3.84. The van der Waals surface area contributed by atoms with Gasteiger partial charge in [0.15, 0.2) is 5.57 Å². The number of carboxylic acid groups (broad SMARTS) is 2. The highest BCUT2D eigenvalue weighted by Gasteiger charge is 2.16. The lowest BCUT2D eigenvalue weighted by atomic mass is 10.1. The molecule has 2 rings (SSSR count).